The molecule has 3 heteroatoms. The fourth-order valence-corrected chi connectivity index (χ4v) is 2.91. The van der Waals surface area contributed by atoms with E-state index < -0.39 is 8.07 Å². The second-order valence-electron chi connectivity index (χ2n) is 5.25. The molecular formula is C13H21NOSi. The van der Waals surface area contributed by atoms with Crippen LogP contribution in [-0.2, 0) is 0 Å². The molecule has 0 aliphatic heterocycles. The Kier molecular flexibility index (Phi) is 3.91. The van der Waals surface area contributed by atoms with Crippen molar-refractivity contribution < 1.29 is 4.79 Å². The molecule has 0 saturated carbocycles. The average molecular weight is 235 g/mol. The summed E-state index contributed by atoms with van der Waals surface area (Å²) < 4.78 is 0. The molecule has 0 N–H and O–H groups in total. The first-order valence-corrected chi connectivity index (χ1v) is 9.16. The highest BCUT2D eigenvalue weighted by Gasteiger charge is 2.30. The van der Waals surface area contributed by atoms with Gasteiger partial charge in [0, 0.05) is 7.05 Å². The van der Waals surface area contributed by atoms with E-state index in [-0.39, 0.29) is 6.04 Å². The van der Waals surface area contributed by atoms with Gasteiger partial charge in [-0.1, -0.05) is 50.0 Å². The average Bonchev–Trinajstić information content (AvgIpc) is 2.26. The summed E-state index contributed by atoms with van der Waals surface area (Å²) >= 11 is 0. The van der Waals surface area contributed by atoms with E-state index in [9.17, 15) is 4.79 Å². The third kappa shape index (κ3) is 2.95. The summed E-state index contributed by atoms with van der Waals surface area (Å²) in [5.74, 6) is 0. The highest BCUT2D eigenvalue weighted by molar-refractivity contribution is 7.03. The van der Waals surface area contributed by atoms with Crippen molar-refractivity contribution in [3.63, 3.8) is 0 Å². The number of rotatable bonds is 3. The first-order valence-electron chi connectivity index (χ1n) is 5.66. The van der Waals surface area contributed by atoms with Gasteiger partial charge in [0.1, 0.15) is 0 Å². The molecule has 1 atom stereocenters. The van der Waals surface area contributed by atoms with Crippen molar-refractivity contribution in [2.24, 2.45) is 0 Å². The fourth-order valence-electron chi connectivity index (χ4n) is 1.66. The fraction of sp³-hybridized carbons (Fsp3) is 0.462. The summed E-state index contributed by atoms with van der Waals surface area (Å²) in [4.78, 5) is 14.0. The lowest BCUT2D eigenvalue weighted by Crippen LogP contribution is -2.44. The van der Waals surface area contributed by atoms with Crippen LogP contribution in [0.15, 0.2) is 30.3 Å². The Hall–Kier alpha value is -1.09. The van der Waals surface area contributed by atoms with Gasteiger partial charge in [0.2, 0.25) is 0 Å². The molecule has 0 heterocycles. The van der Waals surface area contributed by atoms with Gasteiger partial charge >= 0.3 is 0 Å². The number of nitrogens with zero attached hydrogens (tertiary/aromatic N) is 1. The van der Waals surface area contributed by atoms with Crippen LogP contribution < -0.4 is 0 Å². The Bertz CT molecular complexity index is 356. The topological polar surface area (TPSA) is 20.3 Å². The van der Waals surface area contributed by atoms with Gasteiger partial charge in [-0.3, -0.25) is 4.79 Å². The van der Waals surface area contributed by atoms with Gasteiger partial charge in [-0.05, 0) is 12.5 Å². The molecular weight excluding hydrogens is 214 g/mol. The zero-order valence-electron chi connectivity index (χ0n) is 10.8. The molecule has 1 amide bonds. The number of benzene rings is 1. The highest BCUT2D eigenvalue weighted by atomic mass is 28.3. The summed E-state index contributed by atoms with van der Waals surface area (Å²) in [5.41, 5.74) is 1.50. The quantitative estimate of drug-likeness (QED) is 0.731. The van der Waals surface area contributed by atoms with E-state index in [2.05, 4.69) is 38.7 Å². The standard InChI is InChI=1S/C13H21NOSi/c1-11(12-9-7-6-8-10-12)14(2)13(15)16(3,4)5/h6-11H,1-5H3/t11-/m1/s1. The summed E-state index contributed by atoms with van der Waals surface area (Å²) in [6.07, 6.45) is 0. The number of hydrogen-bond acceptors (Lipinski definition) is 1. The Morgan fingerprint density at radius 3 is 2.12 bits per heavy atom. The summed E-state index contributed by atoms with van der Waals surface area (Å²) in [7, 11) is 0.169. The van der Waals surface area contributed by atoms with Gasteiger partial charge in [-0.2, -0.15) is 0 Å². The molecule has 1 aromatic rings. The Morgan fingerprint density at radius 2 is 1.69 bits per heavy atom. The van der Waals surface area contributed by atoms with E-state index in [1.54, 1.807) is 0 Å². The molecule has 0 spiro atoms. The van der Waals surface area contributed by atoms with E-state index in [4.69, 9.17) is 0 Å². The minimum atomic E-state index is -1.73. The summed E-state index contributed by atoms with van der Waals surface area (Å²) in [5, 5.41) is 0. The molecule has 1 aromatic carbocycles. The molecule has 0 aliphatic carbocycles. The van der Waals surface area contributed by atoms with Crippen LogP contribution in [0.3, 0.4) is 0 Å². The number of carbonyl (C=O) groups is 1. The van der Waals surface area contributed by atoms with Crippen molar-refractivity contribution in [2.75, 3.05) is 7.05 Å². The third-order valence-electron chi connectivity index (χ3n) is 2.82. The van der Waals surface area contributed by atoms with Crippen LogP contribution in [0.2, 0.25) is 19.6 Å². The molecule has 88 valence electrons. The minimum absolute atomic E-state index is 0.153. The van der Waals surface area contributed by atoms with Crippen molar-refractivity contribution in [1.29, 1.82) is 0 Å². The lowest BCUT2D eigenvalue weighted by molar-refractivity contribution is 0.216. The van der Waals surface area contributed by atoms with Crippen molar-refractivity contribution in [2.45, 2.75) is 32.6 Å². The monoisotopic (exact) mass is 235 g/mol. The Labute approximate surface area is 99.3 Å². The smallest absolute Gasteiger partial charge is 0.194 e. The minimum Gasteiger partial charge on any atom is -0.344 e. The molecule has 0 aliphatic rings. The summed E-state index contributed by atoms with van der Waals surface area (Å²) in [6, 6.07) is 10.3. The molecule has 2 nitrogen and oxygen atoms in total. The molecule has 0 fully saturated rings. The van der Waals surface area contributed by atoms with Gasteiger partial charge in [0.05, 0.1) is 6.04 Å². The lowest BCUT2D eigenvalue weighted by Gasteiger charge is -2.30. The van der Waals surface area contributed by atoms with Crippen LogP contribution in [0.5, 0.6) is 0 Å². The van der Waals surface area contributed by atoms with Gasteiger partial charge < -0.3 is 4.90 Å². The molecule has 0 radical (unpaired) electrons. The molecule has 0 unspecified atom stereocenters. The third-order valence-corrected chi connectivity index (χ3v) is 4.46. The van der Waals surface area contributed by atoms with Gasteiger partial charge in [0.25, 0.3) is 0 Å². The largest absolute Gasteiger partial charge is 0.344 e. The van der Waals surface area contributed by atoms with Crippen LogP contribution in [0.25, 0.3) is 0 Å². The Morgan fingerprint density at radius 1 is 1.19 bits per heavy atom. The van der Waals surface area contributed by atoms with E-state index in [0.717, 1.165) is 0 Å². The van der Waals surface area contributed by atoms with E-state index in [1.165, 1.54) is 5.56 Å². The molecule has 0 saturated heterocycles. The maximum Gasteiger partial charge on any atom is 0.194 e. The number of amides is 1. The molecule has 0 aromatic heterocycles. The molecule has 16 heavy (non-hydrogen) atoms. The second-order valence-corrected chi connectivity index (χ2v) is 10.2. The SMILES string of the molecule is C[C@H](c1ccccc1)N(C)C(=O)[Si](C)(C)C. The van der Waals surface area contributed by atoms with Gasteiger partial charge in [0.15, 0.2) is 13.6 Å². The number of carbonyl (C=O) groups excluding carboxylic acids is 1. The number of hydrogen-bond donors (Lipinski definition) is 0. The normalized spacial score (nSPS) is 13.3. The van der Waals surface area contributed by atoms with Crippen LogP contribution in [0, 0.1) is 0 Å². The zero-order valence-corrected chi connectivity index (χ0v) is 11.8. The van der Waals surface area contributed by atoms with Crippen LogP contribution in [0.4, 0.5) is 4.79 Å². The van der Waals surface area contributed by atoms with E-state index >= 15 is 0 Å². The lowest BCUT2D eigenvalue weighted by atomic mass is 10.1. The van der Waals surface area contributed by atoms with E-state index in [0.29, 0.717) is 5.53 Å². The van der Waals surface area contributed by atoms with Crippen molar-refractivity contribution in [3.8, 4) is 0 Å². The van der Waals surface area contributed by atoms with Crippen molar-refractivity contribution >= 4 is 13.6 Å². The van der Waals surface area contributed by atoms with Crippen LogP contribution in [0.1, 0.15) is 18.5 Å². The highest BCUT2D eigenvalue weighted by Crippen LogP contribution is 2.21. The van der Waals surface area contributed by atoms with Crippen molar-refractivity contribution in [3.05, 3.63) is 35.9 Å². The van der Waals surface area contributed by atoms with Crippen LogP contribution in [-0.4, -0.2) is 25.6 Å². The first kappa shape index (κ1) is 13.0. The maximum absolute atomic E-state index is 12.2. The zero-order chi connectivity index (χ0) is 12.3. The van der Waals surface area contributed by atoms with Crippen LogP contribution >= 0.6 is 0 Å². The Balaban J connectivity index is 2.83. The maximum atomic E-state index is 12.2. The predicted molar refractivity (Wildman–Crippen MR) is 71.4 cm³/mol. The second kappa shape index (κ2) is 4.83. The molecule has 0 bridgehead atoms. The van der Waals surface area contributed by atoms with E-state index in [1.807, 2.05) is 30.1 Å². The first-order chi connectivity index (χ1) is 7.34. The summed E-state index contributed by atoms with van der Waals surface area (Å²) in [6.45, 7) is 8.34. The predicted octanol–water partition coefficient (Wildman–Crippen LogP) is 3.72. The van der Waals surface area contributed by atoms with Gasteiger partial charge in [-0.15, -0.1) is 0 Å². The van der Waals surface area contributed by atoms with Crippen molar-refractivity contribution in [1.82, 2.24) is 4.90 Å². The van der Waals surface area contributed by atoms with Gasteiger partial charge in [-0.25, -0.2) is 0 Å². The molecule has 1 rings (SSSR count).